The first-order chi connectivity index (χ1) is 7.16. The van der Waals surface area contributed by atoms with Gasteiger partial charge in [-0.05, 0) is 31.5 Å². The molecular formula is C10H15NO3S. The van der Waals surface area contributed by atoms with E-state index in [1.165, 1.54) is 6.26 Å². The molecule has 5 heteroatoms. The van der Waals surface area contributed by atoms with Gasteiger partial charge >= 0.3 is 0 Å². The van der Waals surface area contributed by atoms with Crippen LogP contribution < -0.4 is 5.32 Å². The Morgan fingerprint density at radius 2 is 2.40 bits per heavy atom. The molecule has 2 heterocycles. The molecule has 0 saturated carbocycles. The Bertz CT molecular complexity index is 390. The van der Waals surface area contributed by atoms with Gasteiger partial charge in [-0.15, -0.1) is 0 Å². The predicted octanol–water partition coefficient (Wildman–Crippen LogP) is 0.946. The lowest BCUT2D eigenvalue weighted by atomic mass is 10.3. The highest BCUT2D eigenvalue weighted by atomic mass is 32.2. The van der Waals surface area contributed by atoms with Crippen molar-refractivity contribution in [3.8, 4) is 0 Å². The van der Waals surface area contributed by atoms with Gasteiger partial charge in [-0.3, -0.25) is 0 Å². The first kappa shape index (κ1) is 10.7. The second-order valence-electron chi connectivity index (χ2n) is 3.93. The predicted molar refractivity (Wildman–Crippen MR) is 57.2 cm³/mol. The highest BCUT2D eigenvalue weighted by molar-refractivity contribution is 7.90. The van der Waals surface area contributed by atoms with Crippen LogP contribution in [0.4, 0.5) is 0 Å². The van der Waals surface area contributed by atoms with Crippen LogP contribution in [-0.4, -0.2) is 26.8 Å². The van der Waals surface area contributed by atoms with Gasteiger partial charge in [0.1, 0.15) is 11.5 Å². The number of furan rings is 1. The van der Waals surface area contributed by atoms with E-state index >= 15 is 0 Å². The van der Waals surface area contributed by atoms with Gasteiger partial charge in [-0.25, -0.2) is 8.42 Å². The zero-order valence-electron chi connectivity index (χ0n) is 8.48. The third kappa shape index (κ3) is 3.07. The summed E-state index contributed by atoms with van der Waals surface area (Å²) in [4.78, 5) is 0. The van der Waals surface area contributed by atoms with Crippen LogP contribution in [0.2, 0.25) is 0 Å². The molecule has 0 aliphatic carbocycles. The third-order valence-electron chi connectivity index (χ3n) is 2.56. The number of sulfone groups is 1. The topological polar surface area (TPSA) is 59.3 Å². The van der Waals surface area contributed by atoms with Gasteiger partial charge in [0.2, 0.25) is 0 Å². The van der Waals surface area contributed by atoms with Crippen molar-refractivity contribution < 1.29 is 12.8 Å². The summed E-state index contributed by atoms with van der Waals surface area (Å²) in [6, 6.07) is 3.53. The first-order valence-corrected chi connectivity index (χ1v) is 6.94. The van der Waals surface area contributed by atoms with Gasteiger partial charge in [0.25, 0.3) is 0 Å². The maximum absolute atomic E-state index is 11.8. The lowest BCUT2D eigenvalue weighted by Gasteiger charge is -2.09. The Balaban J connectivity index is 1.94. The third-order valence-corrected chi connectivity index (χ3v) is 4.19. The molecule has 0 spiro atoms. The maximum Gasteiger partial charge on any atom is 0.159 e. The van der Waals surface area contributed by atoms with E-state index < -0.39 is 9.84 Å². The van der Waals surface area contributed by atoms with Crippen molar-refractivity contribution >= 4 is 9.84 Å². The normalized spacial score (nSPS) is 22.0. The Hall–Kier alpha value is -0.810. The van der Waals surface area contributed by atoms with Crippen molar-refractivity contribution in [2.24, 2.45) is 0 Å². The molecule has 2 rings (SSSR count). The van der Waals surface area contributed by atoms with Crippen molar-refractivity contribution in [2.45, 2.75) is 24.6 Å². The van der Waals surface area contributed by atoms with Crippen LogP contribution in [0.5, 0.6) is 0 Å². The lowest BCUT2D eigenvalue weighted by Crippen LogP contribution is -2.30. The van der Waals surface area contributed by atoms with E-state index in [-0.39, 0.29) is 17.5 Å². The molecule has 4 nitrogen and oxygen atoms in total. The fourth-order valence-corrected chi connectivity index (χ4v) is 3.49. The Labute approximate surface area is 89.6 Å². The van der Waals surface area contributed by atoms with Crippen molar-refractivity contribution in [2.75, 3.05) is 12.3 Å². The van der Waals surface area contributed by atoms with Crippen LogP contribution in [-0.2, 0) is 15.6 Å². The monoisotopic (exact) mass is 229 g/mol. The zero-order chi connectivity index (χ0) is 10.7. The number of hydrogen-bond acceptors (Lipinski definition) is 4. The molecule has 1 atom stereocenters. The summed E-state index contributed by atoms with van der Waals surface area (Å²) < 4.78 is 28.5. The number of nitrogens with one attached hydrogen (secondary N) is 1. The van der Waals surface area contributed by atoms with E-state index in [9.17, 15) is 8.42 Å². The SMILES string of the molecule is O=S(=O)(Cc1ccco1)CC1CCCN1. The van der Waals surface area contributed by atoms with Crippen LogP contribution in [0.1, 0.15) is 18.6 Å². The Morgan fingerprint density at radius 3 is 3.00 bits per heavy atom. The van der Waals surface area contributed by atoms with Gasteiger partial charge in [-0.2, -0.15) is 0 Å². The van der Waals surface area contributed by atoms with E-state index in [0.29, 0.717) is 5.76 Å². The molecule has 0 radical (unpaired) electrons. The fourth-order valence-electron chi connectivity index (χ4n) is 1.88. The molecule has 15 heavy (non-hydrogen) atoms. The summed E-state index contributed by atoms with van der Waals surface area (Å²) in [5.74, 6) is 0.749. The molecule has 1 aromatic heterocycles. The average molecular weight is 229 g/mol. The number of rotatable bonds is 4. The summed E-state index contributed by atoms with van der Waals surface area (Å²) in [7, 11) is -3.04. The molecule has 1 aromatic rings. The Kier molecular flexibility index (Phi) is 3.11. The van der Waals surface area contributed by atoms with E-state index in [1.807, 2.05) is 0 Å². The molecule has 1 N–H and O–H groups in total. The molecule has 1 fully saturated rings. The molecular weight excluding hydrogens is 214 g/mol. The fraction of sp³-hybridized carbons (Fsp3) is 0.600. The molecule has 0 amide bonds. The van der Waals surface area contributed by atoms with Crippen molar-refractivity contribution in [3.05, 3.63) is 24.2 Å². The molecule has 1 saturated heterocycles. The average Bonchev–Trinajstić information content (AvgIpc) is 2.75. The quantitative estimate of drug-likeness (QED) is 0.835. The molecule has 1 aliphatic heterocycles. The molecule has 1 unspecified atom stereocenters. The minimum Gasteiger partial charge on any atom is -0.468 e. The first-order valence-electron chi connectivity index (χ1n) is 5.12. The molecule has 84 valence electrons. The summed E-state index contributed by atoms with van der Waals surface area (Å²) in [6.45, 7) is 0.931. The standard InChI is InChI=1S/C10H15NO3S/c12-15(13,7-9-3-1-5-11-9)8-10-4-2-6-14-10/h2,4,6,9,11H,1,3,5,7-8H2. The van der Waals surface area contributed by atoms with Crippen LogP contribution in [0.15, 0.2) is 22.8 Å². The van der Waals surface area contributed by atoms with Gasteiger partial charge in [-0.1, -0.05) is 0 Å². The van der Waals surface area contributed by atoms with Gasteiger partial charge < -0.3 is 9.73 Å². The van der Waals surface area contributed by atoms with Crippen LogP contribution in [0, 0.1) is 0 Å². The lowest BCUT2D eigenvalue weighted by molar-refractivity contribution is 0.518. The van der Waals surface area contributed by atoms with Crippen LogP contribution in [0.3, 0.4) is 0 Å². The van der Waals surface area contributed by atoms with E-state index in [4.69, 9.17) is 4.42 Å². The van der Waals surface area contributed by atoms with Gasteiger partial charge in [0, 0.05) is 6.04 Å². The molecule has 1 aliphatic rings. The second kappa shape index (κ2) is 4.37. The van der Waals surface area contributed by atoms with Crippen molar-refractivity contribution in [1.29, 1.82) is 0 Å². The highest BCUT2D eigenvalue weighted by Crippen LogP contribution is 2.12. The molecule has 0 aromatic carbocycles. The number of hydrogen-bond donors (Lipinski definition) is 1. The van der Waals surface area contributed by atoms with Crippen molar-refractivity contribution in [3.63, 3.8) is 0 Å². The van der Waals surface area contributed by atoms with Gasteiger partial charge in [0.15, 0.2) is 9.84 Å². The summed E-state index contributed by atoms with van der Waals surface area (Å²) in [6.07, 6.45) is 3.52. The summed E-state index contributed by atoms with van der Waals surface area (Å²) >= 11 is 0. The van der Waals surface area contributed by atoms with E-state index in [0.717, 1.165) is 19.4 Å². The van der Waals surface area contributed by atoms with Crippen molar-refractivity contribution in [1.82, 2.24) is 5.32 Å². The van der Waals surface area contributed by atoms with E-state index in [2.05, 4.69) is 5.32 Å². The summed E-state index contributed by atoms with van der Waals surface area (Å²) in [5, 5.41) is 3.18. The zero-order valence-corrected chi connectivity index (χ0v) is 9.29. The van der Waals surface area contributed by atoms with Crippen LogP contribution in [0.25, 0.3) is 0 Å². The summed E-state index contributed by atoms with van der Waals surface area (Å²) in [5.41, 5.74) is 0. The van der Waals surface area contributed by atoms with Crippen LogP contribution >= 0.6 is 0 Å². The smallest absolute Gasteiger partial charge is 0.159 e. The van der Waals surface area contributed by atoms with E-state index in [1.54, 1.807) is 12.1 Å². The minimum atomic E-state index is -3.04. The largest absolute Gasteiger partial charge is 0.468 e. The minimum absolute atomic E-state index is 0.0121. The van der Waals surface area contributed by atoms with Gasteiger partial charge in [0.05, 0.1) is 12.0 Å². The Morgan fingerprint density at radius 1 is 1.53 bits per heavy atom. The highest BCUT2D eigenvalue weighted by Gasteiger charge is 2.22. The second-order valence-corrected chi connectivity index (χ2v) is 6.04. The molecule has 0 bridgehead atoms. The maximum atomic E-state index is 11.8.